The Hall–Kier alpha value is -1.62. The van der Waals surface area contributed by atoms with E-state index < -0.39 is 0 Å². The predicted molar refractivity (Wildman–Crippen MR) is 87.4 cm³/mol. The van der Waals surface area contributed by atoms with E-state index in [2.05, 4.69) is 16.5 Å². The van der Waals surface area contributed by atoms with Crippen LogP contribution < -0.4 is 0 Å². The molecule has 0 bridgehead atoms. The molecule has 2 rings (SSSR count). The SMILES string of the molecule is CCCCN(CC)C(=O)c1cc(C)n(-c2nccs2)c1C. The second-order valence-corrected chi connectivity index (χ2v) is 6.05. The third-order valence-corrected chi connectivity index (χ3v) is 4.48. The normalized spacial score (nSPS) is 10.9. The molecule has 0 aliphatic rings. The number of thiazole rings is 1. The van der Waals surface area contributed by atoms with Crippen molar-refractivity contribution in [3.05, 3.63) is 34.6 Å². The first kappa shape index (κ1) is 15.8. The number of aryl methyl sites for hydroxylation is 1. The number of carbonyl (C=O) groups excluding carboxylic acids is 1. The summed E-state index contributed by atoms with van der Waals surface area (Å²) >= 11 is 1.58. The number of hydrogen-bond donors (Lipinski definition) is 0. The van der Waals surface area contributed by atoms with E-state index >= 15 is 0 Å². The molecule has 0 N–H and O–H groups in total. The van der Waals surface area contributed by atoms with Gasteiger partial charge in [-0.15, -0.1) is 11.3 Å². The Balaban J connectivity index is 2.32. The van der Waals surface area contributed by atoms with Gasteiger partial charge in [-0.1, -0.05) is 13.3 Å². The molecule has 114 valence electrons. The zero-order valence-corrected chi connectivity index (χ0v) is 14.0. The van der Waals surface area contributed by atoms with Gasteiger partial charge in [-0.3, -0.25) is 9.36 Å². The van der Waals surface area contributed by atoms with Crippen LogP contribution in [0.1, 0.15) is 48.4 Å². The summed E-state index contributed by atoms with van der Waals surface area (Å²) in [6.45, 7) is 9.77. The van der Waals surface area contributed by atoms with Crippen LogP contribution in [0.4, 0.5) is 0 Å². The Morgan fingerprint density at radius 1 is 1.38 bits per heavy atom. The van der Waals surface area contributed by atoms with Gasteiger partial charge in [-0.25, -0.2) is 4.98 Å². The average molecular weight is 305 g/mol. The molecule has 0 unspecified atom stereocenters. The van der Waals surface area contributed by atoms with E-state index in [0.29, 0.717) is 0 Å². The van der Waals surface area contributed by atoms with E-state index in [1.807, 2.05) is 37.1 Å². The second-order valence-electron chi connectivity index (χ2n) is 5.17. The van der Waals surface area contributed by atoms with Gasteiger partial charge in [0.2, 0.25) is 0 Å². The van der Waals surface area contributed by atoms with Gasteiger partial charge in [-0.05, 0) is 33.3 Å². The topological polar surface area (TPSA) is 38.1 Å². The van der Waals surface area contributed by atoms with Crippen molar-refractivity contribution < 1.29 is 4.79 Å². The monoisotopic (exact) mass is 305 g/mol. The van der Waals surface area contributed by atoms with Crippen molar-refractivity contribution in [2.45, 2.75) is 40.5 Å². The standard InChI is InChI=1S/C16H23N3OS/c1-5-7-9-18(6-2)15(20)14-11-12(3)19(13(14)4)16-17-8-10-21-16/h8,10-11H,5-7,9H2,1-4H3. The summed E-state index contributed by atoms with van der Waals surface area (Å²) in [5, 5.41) is 2.87. The van der Waals surface area contributed by atoms with Gasteiger partial charge in [0.05, 0.1) is 5.56 Å². The first-order valence-electron chi connectivity index (χ1n) is 7.48. The lowest BCUT2D eigenvalue weighted by atomic mass is 10.2. The van der Waals surface area contributed by atoms with Crippen LogP contribution in [0.15, 0.2) is 17.6 Å². The van der Waals surface area contributed by atoms with Crippen LogP contribution in [0.2, 0.25) is 0 Å². The molecule has 0 aliphatic carbocycles. The first-order chi connectivity index (χ1) is 10.1. The Labute approximate surface area is 130 Å². The maximum absolute atomic E-state index is 12.7. The lowest BCUT2D eigenvalue weighted by Gasteiger charge is -2.20. The molecule has 0 fully saturated rings. The number of hydrogen-bond acceptors (Lipinski definition) is 3. The summed E-state index contributed by atoms with van der Waals surface area (Å²) in [4.78, 5) is 19.0. The van der Waals surface area contributed by atoms with Gasteiger partial charge in [-0.2, -0.15) is 0 Å². The van der Waals surface area contributed by atoms with Crippen LogP contribution in [-0.4, -0.2) is 33.4 Å². The fourth-order valence-corrected chi connectivity index (χ4v) is 3.27. The molecule has 0 radical (unpaired) electrons. The highest BCUT2D eigenvalue weighted by Crippen LogP contribution is 2.23. The number of unbranched alkanes of at least 4 members (excludes halogenated alkanes) is 1. The van der Waals surface area contributed by atoms with Crippen LogP contribution in [0.5, 0.6) is 0 Å². The molecule has 21 heavy (non-hydrogen) atoms. The Kier molecular flexibility index (Phi) is 5.17. The highest BCUT2D eigenvalue weighted by Gasteiger charge is 2.21. The molecule has 0 saturated heterocycles. The van der Waals surface area contributed by atoms with Crippen molar-refractivity contribution in [3.8, 4) is 5.13 Å². The lowest BCUT2D eigenvalue weighted by Crippen LogP contribution is -2.32. The molecular weight excluding hydrogens is 282 g/mol. The largest absolute Gasteiger partial charge is 0.339 e. The van der Waals surface area contributed by atoms with Gasteiger partial charge >= 0.3 is 0 Å². The van der Waals surface area contributed by atoms with E-state index in [1.165, 1.54) is 0 Å². The van der Waals surface area contributed by atoms with Gasteiger partial charge < -0.3 is 4.90 Å². The smallest absolute Gasteiger partial charge is 0.255 e. The van der Waals surface area contributed by atoms with Gasteiger partial charge in [0, 0.05) is 36.1 Å². The highest BCUT2D eigenvalue weighted by molar-refractivity contribution is 7.12. The summed E-state index contributed by atoms with van der Waals surface area (Å²) in [6, 6.07) is 1.98. The molecule has 0 saturated carbocycles. The van der Waals surface area contributed by atoms with Gasteiger partial charge in [0.25, 0.3) is 5.91 Å². The zero-order valence-electron chi connectivity index (χ0n) is 13.2. The van der Waals surface area contributed by atoms with Crippen LogP contribution in [-0.2, 0) is 0 Å². The van der Waals surface area contributed by atoms with E-state index in [1.54, 1.807) is 17.5 Å². The first-order valence-corrected chi connectivity index (χ1v) is 8.36. The minimum atomic E-state index is 0.127. The highest BCUT2D eigenvalue weighted by atomic mass is 32.1. The number of amides is 1. The van der Waals surface area contributed by atoms with Crippen molar-refractivity contribution in [1.82, 2.24) is 14.5 Å². The Bertz CT molecular complexity index is 601. The fraction of sp³-hybridized carbons (Fsp3) is 0.500. The summed E-state index contributed by atoms with van der Waals surface area (Å²) in [5.41, 5.74) is 2.82. The predicted octanol–water partition coefficient (Wildman–Crippen LogP) is 3.81. The Morgan fingerprint density at radius 2 is 2.14 bits per heavy atom. The van der Waals surface area contributed by atoms with Gasteiger partial charge in [0.1, 0.15) is 0 Å². The molecule has 2 aromatic rings. The molecule has 0 aliphatic heterocycles. The molecule has 4 nitrogen and oxygen atoms in total. The van der Waals surface area contributed by atoms with Crippen LogP contribution in [0.3, 0.4) is 0 Å². The number of carbonyl (C=O) groups is 1. The summed E-state index contributed by atoms with van der Waals surface area (Å²) < 4.78 is 2.06. The zero-order chi connectivity index (χ0) is 15.4. The third-order valence-electron chi connectivity index (χ3n) is 3.72. The van der Waals surface area contributed by atoms with Crippen LogP contribution >= 0.6 is 11.3 Å². The number of aromatic nitrogens is 2. The maximum atomic E-state index is 12.7. The number of nitrogens with zero attached hydrogens (tertiary/aromatic N) is 3. The summed E-state index contributed by atoms with van der Waals surface area (Å²) in [7, 11) is 0. The Morgan fingerprint density at radius 3 is 2.71 bits per heavy atom. The van der Waals surface area contributed by atoms with E-state index in [4.69, 9.17) is 0 Å². The van der Waals surface area contributed by atoms with Crippen molar-refractivity contribution in [3.63, 3.8) is 0 Å². The molecule has 2 aromatic heterocycles. The molecule has 1 amide bonds. The fourth-order valence-electron chi connectivity index (χ4n) is 2.52. The van der Waals surface area contributed by atoms with E-state index in [9.17, 15) is 4.79 Å². The molecule has 0 aromatic carbocycles. The molecule has 5 heteroatoms. The lowest BCUT2D eigenvalue weighted by molar-refractivity contribution is 0.0761. The summed E-state index contributed by atoms with van der Waals surface area (Å²) in [6.07, 6.45) is 3.94. The van der Waals surface area contributed by atoms with Crippen molar-refractivity contribution in [2.24, 2.45) is 0 Å². The molecule has 0 atom stereocenters. The van der Waals surface area contributed by atoms with E-state index in [-0.39, 0.29) is 5.91 Å². The molecule has 2 heterocycles. The van der Waals surface area contributed by atoms with Crippen LogP contribution in [0, 0.1) is 13.8 Å². The maximum Gasteiger partial charge on any atom is 0.255 e. The minimum Gasteiger partial charge on any atom is -0.339 e. The van der Waals surface area contributed by atoms with Crippen molar-refractivity contribution in [2.75, 3.05) is 13.1 Å². The van der Waals surface area contributed by atoms with E-state index in [0.717, 1.165) is 48.0 Å². The average Bonchev–Trinajstić information content (AvgIpc) is 3.07. The number of rotatable bonds is 6. The second kappa shape index (κ2) is 6.89. The minimum absolute atomic E-state index is 0.127. The van der Waals surface area contributed by atoms with Gasteiger partial charge in [0.15, 0.2) is 5.13 Å². The van der Waals surface area contributed by atoms with Crippen LogP contribution in [0.25, 0.3) is 5.13 Å². The molecular formula is C16H23N3OS. The summed E-state index contributed by atoms with van der Waals surface area (Å²) in [5.74, 6) is 0.127. The third kappa shape index (κ3) is 3.18. The quantitative estimate of drug-likeness (QED) is 0.814. The molecule has 0 spiro atoms. The van der Waals surface area contributed by atoms with Crippen molar-refractivity contribution >= 4 is 17.2 Å². The van der Waals surface area contributed by atoms with Crippen molar-refractivity contribution in [1.29, 1.82) is 0 Å².